The highest BCUT2D eigenvalue weighted by atomic mass is 16.5. The Bertz CT molecular complexity index is 315. The summed E-state index contributed by atoms with van der Waals surface area (Å²) in [5.74, 6) is -0.293. The summed E-state index contributed by atoms with van der Waals surface area (Å²) in [4.78, 5) is 11.2. The van der Waals surface area contributed by atoms with Crippen LogP contribution in [0.4, 0.5) is 0 Å². The molecule has 0 aromatic rings. The third-order valence-corrected chi connectivity index (χ3v) is 4.57. The summed E-state index contributed by atoms with van der Waals surface area (Å²) < 4.78 is 5.03. The topological polar surface area (TPSA) is 38.3 Å². The van der Waals surface area contributed by atoms with Crippen LogP contribution in [0.5, 0.6) is 0 Å². The molecule has 0 aromatic carbocycles. The summed E-state index contributed by atoms with van der Waals surface area (Å²) in [6, 6.07) is 0. The maximum Gasteiger partial charge on any atom is 0.333 e. The van der Waals surface area contributed by atoms with Gasteiger partial charge in [-0.25, -0.2) is 4.79 Å². The minimum Gasteiger partial charge on any atom is -0.461 e. The number of rotatable bonds is 19. The molecule has 0 heterocycles. The van der Waals surface area contributed by atoms with Crippen molar-refractivity contribution in [3.05, 3.63) is 12.2 Å². The number of ether oxygens (including phenoxy) is 1. The van der Waals surface area contributed by atoms with E-state index in [1.807, 2.05) is 0 Å². The molecule has 25 heavy (non-hydrogen) atoms. The Morgan fingerprint density at radius 3 is 1.64 bits per heavy atom. The SMILES string of the molecule is C=C(C)C(=O)OCCNCCCCCCCCCCCCCCCC. The minimum absolute atomic E-state index is 0.293. The molecule has 1 N–H and O–H groups in total. The molecule has 0 bridgehead atoms. The molecule has 0 amide bonds. The summed E-state index contributed by atoms with van der Waals surface area (Å²) in [6.45, 7) is 9.69. The second kappa shape index (κ2) is 19.5. The van der Waals surface area contributed by atoms with Crippen molar-refractivity contribution >= 4 is 5.97 Å². The van der Waals surface area contributed by atoms with Gasteiger partial charge in [-0.15, -0.1) is 0 Å². The zero-order chi connectivity index (χ0) is 18.6. The predicted molar refractivity (Wildman–Crippen MR) is 109 cm³/mol. The molecule has 3 heteroatoms. The molecule has 0 aliphatic carbocycles. The Balaban J connectivity index is 3.05. The molecular weight excluding hydrogens is 310 g/mol. The largest absolute Gasteiger partial charge is 0.461 e. The lowest BCUT2D eigenvalue weighted by Gasteiger charge is -2.06. The molecule has 0 rings (SSSR count). The van der Waals surface area contributed by atoms with Crippen LogP contribution in [0.15, 0.2) is 12.2 Å². The molecule has 0 aliphatic rings. The van der Waals surface area contributed by atoms with Gasteiger partial charge in [-0.05, 0) is 19.9 Å². The molecule has 3 nitrogen and oxygen atoms in total. The number of nitrogens with one attached hydrogen (secondary N) is 1. The molecule has 0 aliphatic heterocycles. The number of esters is 1. The predicted octanol–water partition coefficient (Wildman–Crippen LogP) is 6.18. The lowest BCUT2D eigenvalue weighted by Crippen LogP contribution is -2.22. The van der Waals surface area contributed by atoms with Crippen molar-refractivity contribution in [2.75, 3.05) is 19.7 Å². The number of unbranched alkanes of at least 4 members (excludes halogenated alkanes) is 13. The van der Waals surface area contributed by atoms with Crippen LogP contribution in [0.3, 0.4) is 0 Å². The summed E-state index contributed by atoms with van der Waals surface area (Å²) in [5, 5.41) is 3.32. The first kappa shape index (κ1) is 24.2. The Morgan fingerprint density at radius 2 is 1.20 bits per heavy atom. The Hall–Kier alpha value is -0.830. The van der Waals surface area contributed by atoms with Crippen molar-refractivity contribution in [3.8, 4) is 0 Å². The van der Waals surface area contributed by atoms with Gasteiger partial charge in [-0.3, -0.25) is 0 Å². The number of carbonyl (C=O) groups excluding carboxylic acids is 1. The average molecular weight is 354 g/mol. The van der Waals surface area contributed by atoms with Crippen molar-refractivity contribution in [2.24, 2.45) is 0 Å². The summed E-state index contributed by atoms with van der Waals surface area (Å²) >= 11 is 0. The smallest absolute Gasteiger partial charge is 0.333 e. The van der Waals surface area contributed by atoms with Gasteiger partial charge < -0.3 is 10.1 Å². The fourth-order valence-corrected chi connectivity index (χ4v) is 2.91. The van der Waals surface area contributed by atoms with Gasteiger partial charge in [0.25, 0.3) is 0 Å². The van der Waals surface area contributed by atoms with Gasteiger partial charge in [0.2, 0.25) is 0 Å². The molecular formula is C22H43NO2. The number of hydrogen-bond acceptors (Lipinski definition) is 3. The van der Waals surface area contributed by atoms with E-state index in [1.54, 1.807) is 6.92 Å². The van der Waals surface area contributed by atoms with E-state index < -0.39 is 0 Å². The summed E-state index contributed by atoms with van der Waals surface area (Å²) in [5.41, 5.74) is 0.465. The van der Waals surface area contributed by atoms with Crippen molar-refractivity contribution in [1.82, 2.24) is 5.32 Å². The van der Waals surface area contributed by atoms with Gasteiger partial charge in [0.05, 0.1) is 0 Å². The van der Waals surface area contributed by atoms with E-state index in [9.17, 15) is 4.79 Å². The zero-order valence-electron chi connectivity index (χ0n) is 17.0. The van der Waals surface area contributed by atoms with Crippen LogP contribution in [0.25, 0.3) is 0 Å². The van der Waals surface area contributed by atoms with Crippen LogP contribution >= 0.6 is 0 Å². The first-order valence-electron chi connectivity index (χ1n) is 10.7. The van der Waals surface area contributed by atoms with E-state index in [-0.39, 0.29) is 5.97 Å². The van der Waals surface area contributed by atoms with E-state index in [2.05, 4.69) is 18.8 Å². The lowest BCUT2D eigenvalue weighted by molar-refractivity contribution is -0.138. The van der Waals surface area contributed by atoms with Crippen molar-refractivity contribution < 1.29 is 9.53 Å². The van der Waals surface area contributed by atoms with Gasteiger partial charge in [-0.2, -0.15) is 0 Å². The van der Waals surface area contributed by atoms with Gasteiger partial charge in [0, 0.05) is 12.1 Å². The van der Waals surface area contributed by atoms with Crippen LogP contribution in [-0.4, -0.2) is 25.7 Å². The van der Waals surface area contributed by atoms with Crippen LogP contribution in [-0.2, 0) is 9.53 Å². The van der Waals surface area contributed by atoms with Gasteiger partial charge in [0.15, 0.2) is 0 Å². The van der Waals surface area contributed by atoms with E-state index in [1.165, 1.54) is 89.9 Å². The van der Waals surface area contributed by atoms with Crippen molar-refractivity contribution in [1.29, 1.82) is 0 Å². The van der Waals surface area contributed by atoms with Crippen LogP contribution in [0.1, 0.15) is 104 Å². The third kappa shape index (κ3) is 19.3. The molecule has 0 saturated heterocycles. The van der Waals surface area contributed by atoms with E-state index in [4.69, 9.17) is 4.74 Å². The molecule has 0 aromatic heterocycles. The van der Waals surface area contributed by atoms with Crippen LogP contribution in [0.2, 0.25) is 0 Å². The average Bonchev–Trinajstić information content (AvgIpc) is 2.60. The highest BCUT2D eigenvalue weighted by Crippen LogP contribution is 2.12. The van der Waals surface area contributed by atoms with Crippen LogP contribution in [0, 0.1) is 0 Å². The summed E-state index contributed by atoms with van der Waals surface area (Å²) in [7, 11) is 0. The molecule has 0 atom stereocenters. The van der Waals surface area contributed by atoms with E-state index in [0.717, 1.165) is 13.1 Å². The Morgan fingerprint density at radius 1 is 0.760 bits per heavy atom. The minimum atomic E-state index is -0.293. The molecule has 0 fully saturated rings. The maximum atomic E-state index is 11.2. The van der Waals surface area contributed by atoms with Crippen molar-refractivity contribution in [3.63, 3.8) is 0 Å². The normalized spacial score (nSPS) is 10.8. The highest BCUT2D eigenvalue weighted by molar-refractivity contribution is 5.86. The molecule has 0 spiro atoms. The number of carbonyl (C=O) groups is 1. The molecule has 0 unspecified atom stereocenters. The van der Waals surface area contributed by atoms with Gasteiger partial charge in [-0.1, -0.05) is 97.0 Å². The molecule has 0 radical (unpaired) electrons. The second-order valence-electron chi connectivity index (χ2n) is 7.26. The standard InChI is InChI=1S/C22H43NO2/c1-4-5-6-7-8-9-10-11-12-13-14-15-16-17-18-23-19-20-25-22(24)21(2)3/h23H,2,4-20H2,1,3H3. The monoisotopic (exact) mass is 353 g/mol. The van der Waals surface area contributed by atoms with Crippen molar-refractivity contribution in [2.45, 2.75) is 104 Å². The quantitative estimate of drug-likeness (QED) is 0.171. The highest BCUT2D eigenvalue weighted by Gasteiger charge is 2.01. The molecule has 0 saturated carbocycles. The zero-order valence-corrected chi connectivity index (χ0v) is 17.0. The maximum absolute atomic E-state index is 11.2. The lowest BCUT2D eigenvalue weighted by atomic mass is 10.0. The van der Waals surface area contributed by atoms with E-state index in [0.29, 0.717) is 12.2 Å². The second-order valence-corrected chi connectivity index (χ2v) is 7.26. The number of hydrogen-bond donors (Lipinski definition) is 1. The summed E-state index contributed by atoms with van der Waals surface area (Å²) in [6.07, 6.45) is 19.5. The Labute approximate surface area is 157 Å². The first-order chi connectivity index (χ1) is 12.2. The fourth-order valence-electron chi connectivity index (χ4n) is 2.91. The third-order valence-electron chi connectivity index (χ3n) is 4.57. The first-order valence-corrected chi connectivity index (χ1v) is 10.7. The van der Waals surface area contributed by atoms with Gasteiger partial charge >= 0.3 is 5.97 Å². The fraction of sp³-hybridized carbons (Fsp3) is 0.864. The van der Waals surface area contributed by atoms with Gasteiger partial charge in [0.1, 0.15) is 6.61 Å². The van der Waals surface area contributed by atoms with Crippen LogP contribution < -0.4 is 5.32 Å². The Kier molecular flexibility index (Phi) is 18.8. The van der Waals surface area contributed by atoms with E-state index >= 15 is 0 Å². The molecule has 148 valence electrons.